The Bertz CT molecular complexity index is 420. The number of rotatable bonds is 5. The van der Waals surface area contributed by atoms with Crippen molar-refractivity contribution >= 4 is 41.3 Å². The third kappa shape index (κ3) is 6.50. The summed E-state index contributed by atoms with van der Waals surface area (Å²) in [4.78, 5) is 4.53. The predicted molar refractivity (Wildman–Crippen MR) is 97.6 cm³/mol. The van der Waals surface area contributed by atoms with Crippen LogP contribution in [0, 0.1) is 0 Å². The number of hydrogen-bond acceptors (Lipinski definition) is 4. The number of halogens is 1. The molecular weight excluding hydrogens is 401 g/mol. The second kappa shape index (κ2) is 9.60. The molecule has 1 aliphatic rings. The number of aliphatic hydroxyl groups is 1. The maximum absolute atomic E-state index is 10.4. The predicted octanol–water partition coefficient (Wildman–Crippen LogP) is 1.96. The summed E-state index contributed by atoms with van der Waals surface area (Å²) in [5.41, 5.74) is 0.522. The van der Waals surface area contributed by atoms with Gasteiger partial charge < -0.3 is 20.5 Å². The van der Waals surface area contributed by atoms with Crippen LogP contribution >= 0.6 is 35.3 Å². The fraction of sp³-hybridized carbons (Fsp3) is 0.643. The zero-order chi connectivity index (χ0) is 14.3. The Kier molecular flexibility index (Phi) is 8.53. The Labute approximate surface area is 147 Å². The number of guanidine groups is 1. The van der Waals surface area contributed by atoms with Crippen LogP contribution < -0.4 is 10.6 Å². The van der Waals surface area contributed by atoms with Crippen LogP contribution in [0.25, 0.3) is 0 Å². The van der Waals surface area contributed by atoms with Gasteiger partial charge in [-0.05, 0) is 29.3 Å². The molecule has 0 bridgehead atoms. The van der Waals surface area contributed by atoms with Crippen molar-refractivity contribution in [1.82, 2.24) is 10.6 Å². The quantitative estimate of drug-likeness (QED) is 0.384. The molecule has 7 heteroatoms. The maximum Gasteiger partial charge on any atom is 0.191 e. The van der Waals surface area contributed by atoms with Crippen molar-refractivity contribution < 1.29 is 9.84 Å². The van der Waals surface area contributed by atoms with Gasteiger partial charge in [0.05, 0.1) is 12.1 Å². The normalized spacial score (nSPS) is 17.9. The van der Waals surface area contributed by atoms with Crippen LogP contribution in [0.2, 0.25) is 0 Å². The van der Waals surface area contributed by atoms with E-state index in [1.54, 1.807) is 11.3 Å². The second-order valence-electron chi connectivity index (χ2n) is 5.02. The van der Waals surface area contributed by atoms with Crippen LogP contribution in [0.1, 0.15) is 25.3 Å². The summed E-state index contributed by atoms with van der Waals surface area (Å²) in [6.07, 6.45) is 1.34. The molecular formula is C14H24IN3O2S. The third-order valence-electron chi connectivity index (χ3n) is 3.35. The van der Waals surface area contributed by atoms with Crippen molar-refractivity contribution in [3.63, 3.8) is 0 Å². The molecule has 0 aliphatic carbocycles. The largest absolute Gasteiger partial charge is 0.388 e. The highest BCUT2D eigenvalue weighted by molar-refractivity contribution is 14.0. The van der Waals surface area contributed by atoms with Crippen molar-refractivity contribution in [2.24, 2.45) is 4.99 Å². The minimum atomic E-state index is -0.684. The minimum Gasteiger partial charge on any atom is -0.388 e. The van der Waals surface area contributed by atoms with E-state index in [1.165, 1.54) is 5.56 Å². The Morgan fingerprint density at radius 3 is 2.81 bits per heavy atom. The van der Waals surface area contributed by atoms with Crippen molar-refractivity contribution in [3.8, 4) is 0 Å². The number of hydrogen-bond donors (Lipinski definition) is 3. The van der Waals surface area contributed by atoms with Gasteiger partial charge in [-0.15, -0.1) is 24.0 Å². The number of nitrogens with one attached hydrogen (secondary N) is 2. The molecule has 21 heavy (non-hydrogen) atoms. The van der Waals surface area contributed by atoms with E-state index in [0.29, 0.717) is 39.1 Å². The molecule has 3 N–H and O–H groups in total. The van der Waals surface area contributed by atoms with Gasteiger partial charge in [-0.2, -0.15) is 11.3 Å². The Hall–Kier alpha value is -0.380. The molecule has 1 aromatic heterocycles. The number of thiophene rings is 1. The van der Waals surface area contributed by atoms with E-state index in [1.807, 2.05) is 6.92 Å². The Morgan fingerprint density at radius 2 is 2.19 bits per heavy atom. The lowest BCUT2D eigenvalue weighted by atomic mass is 9.94. The van der Waals surface area contributed by atoms with Crippen LogP contribution in [0.5, 0.6) is 0 Å². The van der Waals surface area contributed by atoms with Gasteiger partial charge >= 0.3 is 0 Å². The zero-order valence-corrected chi connectivity index (χ0v) is 15.4. The topological polar surface area (TPSA) is 65.9 Å². The third-order valence-corrected chi connectivity index (χ3v) is 4.08. The highest BCUT2D eigenvalue weighted by Gasteiger charge is 2.29. The summed E-state index contributed by atoms with van der Waals surface area (Å²) in [6, 6.07) is 2.07. The van der Waals surface area contributed by atoms with E-state index in [4.69, 9.17) is 4.74 Å². The van der Waals surface area contributed by atoms with Gasteiger partial charge in [0.15, 0.2) is 5.96 Å². The number of ether oxygens (including phenoxy) is 1. The first kappa shape index (κ1) is 18.7. The molecule has 2 rings (SSSR count). The van der Waals surface area contributed by atoms with Gasteiger partial charge in [0.25, 0.3) is 0 Å². The van der Waals surface area contributed by atoms with Crippen LogP contribution in [0.15, 0.2) is 21.8 Å². The summed E-state index contributed by atoms with van der Waals surface area (Å²) in [5.74, 6) is 0.749. The molecule has 1 aromatic rings. The van der Waals surface area contributed by atoms with Crippen LogP contribution in [-0.2, 0) is 11.3 Å². The van der Waals surface area contributed by atoms with Gasteiger partial charge in [0.1, 0.15) is 0 Å². The first-order valence-corrected chi connectivity index (χ1v) is 7.99. The molecule has 1 aliphatic heterocycles. The van der Waals surface area contributed by atoms with Crippen molar-refractivity contribution in [3.05, 3.63) is 22.4 Å². The maximum atomic E-state index is 10.4. The van der Waals surface area contributed by atoms with Gasteiger partial charge in [0.2, 0.25) is 0 Å². The molecule has 0 radical (unpaired) electrons. The lowest BCUT2D eigenvalue weighted by molar-refractivity contribution is -0.0594. The van der Waals surface area contributed by atoms with Gasteiger partial charge in [-0.25, -0.2) is 4.99 Å². The highest BCUT2D eigenvalue weighted by Crippen LogP contribution is 2.19. The molecule has 2 heterocycles. The van der Waals surface area contributed by atoms with E-state index in [9.17, 15) is 5.11 Å². The Balaban J connectivity index is 0.00000220. The Morgan fingerprint density at radius 1 is 1.43 bits per heavy atom. The fourth-order valence-electron chi connectivity index (χ4n) is 2.07. The summed E-state index contributed by atoms with van der Waals surface area (Å²) < 4.78 is 5.28. The average Bonchev–Trinajstić information content (AvgIpc) is 2.96. The van der Waals surface area contributed by atoms with E-state index in [-0.39, 0.29) is 24.0 Å². The number of aliphatic imine (C=N–C) groups is 1. The molecule has 0 atom stereocenters. The van der Waals surface area contributed by atoms with E-state index < -0.39 is 5.60 Å². The van der Waals surface area contributed by atoms with Gasteiger partial charge in [-0.3, -0.25) is 0 Å². The minimum absolute atomic E-state index is 0. The van der Waals surface area contributed by atoms with Crippen LogP contribution in [0.4, 0.5) is 0 Å². The van der Waals surface area contributed by atoms with Gasteiger partial charge in [-0.1, -0.05) is 0 Å². The lowest BCUT2D eigenvalue weighted by Crippen LogP contribution is -2.49. The molecule has 0 saturated carbocycles. The van der Waals surface area contributed by atoms with E-state index >= 15 is 0 Å². The number of nitrogens with zero attached hydrogens (tertiary/aromatic N) is 1. The van der Waals surface area contributed by atoms with Crippen LogP contribution in [-0.4, -0.2) is 43.0 Å². The van der Waals surface area contributed by atoms with Crippen molar-refractivity contribution in [2.75, 3.05) is 26.3 Å². The molecule has 1 saturated heterocycles. The monoisotopic (exact) mass is 425 g/mol. The first-order valence-electron chi connectivity index (χ1n) is 7.05. The standard InChI is InChI=1S/C14H23N3O2S.HI/c1-2-15-13(16-9-12-3-8-20-10-12)17-11-14(18)4-6-19-7-5-14;/h3,8,10,18H,2,4-7,9,11H2,1H3,(H2,15,16,17);1H. The van der Waals surface area contributed by atoms with E-state index in [2.05, 4.69) is 32.5 Å². The van der Waals surface area contributed by atoms with Gasteiger partial charge in [0, 0.05) is 39.1 Å². The molecule has 0 spiro atoms. The lowest BCUT2D eigenvalue weighted by Gasteiger charge is -2.32. The summed E-state index contributed by atoms with van der Waals surface area (Å²) in [7, 11) is 0. The van der Waals surface area contributed by atoms with E-state index in [0.717, 1.165) is 12.5 Å². The second-order valence-corrected chi connectivity index (χ2v) is 5.80. The summed E-state index contributed by atoms with van der Waals surface area (Å²) in [6.45, 7) is 5.25. The molecule has 0 unspecified atom stereocenters. The molecule has 0 amide bonds. The fourth-order valence-corrected chi connectivity index (χ4v) is 2.73. The summed E-state index contributed by atoms with van der Waals surface area (Å²) >= 11 is 1.68. The van der Waals surface area contributed by atoms with Crippen molar-refractivity contribution in [1.29, 1.82) is 0 Å². The average molecular weight is 425 g/mol. The first-order chi connectivity index (χ1) is 9.72. The van der Waals surface area contributed by atoms with Crippen LogP contribution in [0.3, 0.4) is 0 Å². The molecule has 5 nitrogen and oxygen atoms in total. The van der Waals surface area contributed by atoms with Crippen molar-refractivity contribution in [2.45, 2.75) is 31.9 Å². The summed E-state index contributed by atoms with van der Waals surface area (Å²) in [5, 5.41) is 21.0. The molecule has 1 fully saturated rings. The highest BCUT2D eigenvalue weighted by atomic mass is 127. The zero-order valence-electron chi connectivity index (χ0n) is 12.3. The molecule has 120 valence electrons. The SMILES string of the molecule is CCNC(=NCc1ccsc1)NCC1(O)CCOCC1.I. The molecule has 0 aromatic carbocycles. The smallest absolute Gasteiger partial charge is 0.191 e.